The van der Waals surface area contributed by atoms with E-state index in [0.717, 1.165) is 31.2 Å². The fourth-order valence-electron chi connectivity index (χ4n) is 3.41. The van der Waals surface area contributed by atoms with Crippen LogP contribution in [0.3, 0.4) is 0 Å². The Morgan fingerprint density at radius 3 is 2.23 bits per heavy atom. The third kappa shape index (κ3) is 5.79. The van der Waals surface area contributed by atoms with Gasteiger partial charge < -0.3 is 10.1 Å². The first-order valence-corrected chi connectivity index (χ1v) is 11.6. The van der Waals surface area contributed by atoms with Crippen molar-refractivity contribution < 1.29 is 22.3 Å². The second-order valence-corrected chi connectivity index (χ2v) is 9.36. The molecule has 0 unspecified atom stereocenters. The lowest BCUT2D eigenvalue weighted by Crippen LogP contribution is -2.32. The highest BCUT2D eigenvalue weighted by Gasteiger charge is 2.25. The second-order valence-electron chi connectivity index (χ2n) is 7.42. The molecule has 0 aliphatic carbocycles. The third-order valence-corrected chi connectivity index (χ3v) is 7.06. The van der Waals surface area contributed by atoms with Crippen LogP contribution in [0.2, 0.25) is 0 Å². The zero-order valence-corrected chi connectivity index (χ0v) is 17.8. The molecule has 1 N–H and O–H groups in total. The third-order valence-electron chi connectivity index (χ3n) is 5.14. The van der Waals surface area contributed by atoms with E-state index in [4.69, 9.17) is 4.74 Å². The topological polar surface area (TPSA) is 75.7 Å². The average molecular weight is 435 g/mol. The van der Waals surface area contributed by atoms with Gasteiger partial charge in [-0.3, -0.25) is 4.79 Å². The molecule has 162 valence electrons. The summed E-state index contributed by atoms with van der Waals surface area (Å²) >= 11 is 0. The van der Waals surface area contributed by atoms with Gasteiger partial charge >= 0.3 is 0 Å². The Morgan fingerprint density at radius 1 is 1.03 bits per heavy atom. The van der Waals surface area contributed by atoms with Crippen LogP contribution in [0.1, 0.15) is 44.2 Å². The molecule has 0 saturated carbocycles. The summed E-state index contributed by atoms with van der Waals surface area (Å²) in [5.74, 6) is -0.246. The van der Waals surface area contributed by atoms with Gasteiger partial charge in [0.2, 0.25) is 10.0 Å². The molecule has 2 aromatic rings. The van der Waals surface area contributed by atoms with Crippen molar-refractivity contribution in [1.29, 1.82) is 0 Å². The summed E-state index contributed by atoms with van der Waals surface area (Å²) < 4.78 is 45.6. The fourth-order valence-corrected chi connectivity index (χ4v) is 4.92. The largest absolute Gasteiger partial charge is 0.484 e. The summed E-state index contributed by atoms with van der Waals surface area (Å²) in [5, 5.41) is 2.78. The van der Waals surface area contributed by atoms with Gasteiger partial charge in [0, 0.05) is 13.1 Å². The number of hydrogen-bond donors (Lipinski definition) is 1. The molecule has 2 aromatic carbocycles. The molecule has 1 atom stereocenters. The van der Waals surface area contributed by atoms with Gasteiger partial charge in [0.05, 0.1) is 10.9 Å². The van der Waals surface area contributed by atoms with E-state index in [0.29, 0.717) is 18.8 Å². The van der Waals surface area contributed by atoms with Gasteiger partial charge in [0.15, 0.2) is 6.61 Å². The molecule has 1 heterocycles. The first-order valence-electron chi connectivity index (χ1n) is 10.1. The van der Waals surface area contributed by atoms with Crippen molar-refractivity contribution in [2.24, 2.45) is 0 Å². The minimum Gasteiger partial charge on any atom is -0.484 e. The molecule has 0 bridgehead atoms. The lowest BCUT2D eigenvalue weighted by molar-refractivity contribution is -0.123. The molecule has 1 aliphatic heterocycles. The second kappa shape index (κ2) is 10.0. The number of nitrogens with zero attached hydrogens (tertiary/aromatic N) is 1. The van der Waals surface area contributed by atoms with Gasteiger partial charge in [-0.15, -0.1) is 0 Å². The maximum atomic E-state index is 13.0. The lowest BCUT2D eigenvalue weighted by atomic mass is 10.1. The number of carbonyl (C=O) groups is 1. The van der Waals surface area contributed by atoms with Crippen LogP contribution >= 0.6 is 0 Å². The lowest BCUT2D eigenvalue weighted by Gasteiger charge is -2.20. The molecule has 3 rings (SSSR count). The van der Waals surface area contributed by atoms with E-state index in [9.17, 15) is 17.6 Å². The van der Waals surface area contributed by atoms with Crippen LogP contribution < -0.4 is 10.1 Å². The summed E-state index contributed by atoms with van der Waals surface area (Å²) in [4.78, 5) is 12.3. The van der Waals surface area contributed by atoms with E-state index in [1.807, 2.05) is 0 Å². The minimum absolute atomic E-state index is 0.205. The highest BCUT2D eigenvalue weighted by molar-refractivity contribution is 7.89. The van der Waals surface area contributed by atoms with Crippen LogP contribution in [-0.4, -0.2) is 38.3 Å². The van der Waals surface area contributed by atoms with Gasteiger partial charge in [-0.2, -0.15) is 4.31 Å². The average Bonchev–Trinajstić information content (AvgIpc) is 3.03. The quantitative estimate of drug-likeness (QED) is 0.722. The predicted molar refractivity (Wildman–Crippen MR) is 112 cm³/mol. The van der Waals surface area contributed by atoms with E-state index < -0.39 is 10.0 Å². The van der Waals surface area contributed by atoms with Gasteiger partial charge in [0.25, 0.3) is 5.91 Å². The highest BCUT2D eigenvalue weighted by atomic mass is 32.2. The number of carbonyl (C=O) groups excluding carboxylic acids is 1. The number of halogens is 1. The molecule has 1 aliphatic rings. The van der Waals surface area contributed by atoms with Crippen molar-refractivity contribution in [3.05, 3.63) is 59.9 Å². The smallest absolute Gasteiger partial charge is 0.258 e. The van der Waals surface area contributed by atoms with Crippen molar-refractivity contribution in [1.82, 2.24) is 9.62 Å². The van der Waals surface area contributed by atoms with Crippen molar-refractivity contribution >= 4 is 15.9 Å². The molecule has 8 heteroatoms. The minimum atomic E-state index is -3.51. The Kier molecular flexibility index (Phi) is 7.44. The summed E-state index contributed by atoms with van der Waals surface area (Å²) in [6.45, 7) is 2.69. The molecule has 1 saturated heterocycles. The number of hydrogen-bond acceptors (Lipinski definition) is 4. The number of benzene rings is 2. The van der Waals surface area contributed by atoms with Gasteiger partial charge in [-0.05, 0) is 61.7 Å². The van der Waals surface area contributed by atoms with E-state index in [1.165, 1.54) is 24.3 Å². The van der Waals surface area contributed by atoms with Crippen LogP contribution in [0.15, 0.2) is 53.4 Å². The Morgan fingerprint density at radius 2 is 1.63 bits per heavy atom. The molecular formula is C22H27FN2O4S. The van der Waals surface area contributed by atoms with E-state index >= 15 is 0 Å². The molecule has 0 spiro atoms. The molecular weight excluding hydrogens is 407 g/mol. The Bertz CT molecular complexity index is 938. The zero-order valence-electron chi connectivity index (χ0n) is 17.0. The number of sulfonamides is 1. The normalized spacial score (nSPS) is 16.5. The Balaban J connectivity index is 1.53. The maximum absolute atomic E-state index is 13.0. The van der Waals surface area contributed by atoms with E-state index in [-0.39, 0.29) is 29.3 Å². The fraction of sp³-hybridized carbons (Fsp3) is 0.409. The number of nitrogens with one attached hydrogen (secondary N) is 1. The van der Waals surface area contributed by atoms with Crippen molar-refractivity contribution in [2.45, 2.75) is 43.5 Å². The van der Waals surface area contributed by atoms with E-state index in [1.54, 1.807) is 35.5 Å². The van der Waals surface area contributed by atoms with Crippen LogP contribution in [0, 0.1) is 5.82 Å². The molecule has 0 aromatic heterocycles. The summed E-state index contributed by atoms with van der Waals surface area (Å²) in [6.07, 6.45) is 3.87. The summed E-state index contributed by atoms with van der Waals surface area (Å²) in [5.41, 5.74) is 0.785. The molecule has 1 amide bonds. The van der Waals surface area contributed by atoms with Gasteiger partial charge in [-0.25, -0.2) is 12.8 Å². The molecule has 0 radical (unpaired) electrons. The summed E-state index contributed by atoms with van der Waals surface area (Å²) in [7, 11) is -3.51. The predicted octanol–water partition coefficient (Wildman–Crippen LogP) is 3.65. The highest BCUT2D eigenvalue weighted by Crippen LogP contribution is 2.22. The zero-order chi connectivity index (χ0) is 21.6. The first kappa shape index (κ1) is 22.2. The van der Waals surface area contributed by atoms with Crippen molar-refractivity contribution in [3.8, 4) is 5.75 Å². The van der Waals surface area contributed by atoms with Gasteiger partial charge in [-0.1, -0.05) is 25.0 Å². The van der Waals surface area contributed by atoms with Crippen LogP contribution in [-0.2, 0) is 14.8 Å². The standard InChI is InChI=1S/C22H27FN2O4S/c1-17(18-6-8-19(23)9-7-18)24-22(26)16-29-20-10-12-21(13-11-20)30(27,28)25-14-4-2-3-5-15-25/h6-13,17H,2-5,14-16H2,1H3,(H,24,26)/t17-/m0/s1. The van der Waals surface area contributed by atoms with Crippen LogP contribution in [0.5, 0.6) is 5.75 Å². The maximum Gasteiger partial charge on any atom is 0.258 e. The van der Waals surface area contributed by atoms with E-state index in [2.05, 4.69) is 5.32 Å². The number of ether oxygens (including phenoxy) is 1. The number of amides is 1. The van der Waals surface area contributed by atoms with Crippen molar-refractivity contribution in [2.75, 3.05) is 19.7 Å². The first-order chi connectivity index (χ1) is 14.4. The number of rotatable bonds is 7. The molecule has 30 heavy (non-hydrogen) atoms. The van der Waals surface area contributed by atoms with Crippen molar-refractivity contribution in [3.63, 3.8) is 0 Å². The summed E-state index contributed by atoms with van der Waals surface area (Å²) in [6, 6.07) is 11.8. The monoisotopic (exact) mass is 434 g/mol. The molecule has 1 fully saturated rings. The van der Waals surface area contributed by atoms with Crippen LogP contribution in [0.25, 0.3) is 0 Å². The molecule has 6 nitrogen and oxygen atoms in total. The Labute approximate surface area is 177 Å². The Hall–Kier alpha value is -2.45. The van der Waals surface area contributed by atoms with Crippen LogP contribution in [0.4, 0.5) is 4.39 Å². The SMILES string of the molecule is C[C@H](NC(=O)COc1ccc(S(=O)(=O)N2CCCCCC2)cc1)c1ccc(F)cc1. The van der Waals surface area contributed by atoms with Gasteiger partial charge in [0.1, 0.15) is 11.6 Å².